The van der Waals surface area contributed by atoms with Crippen LogP contribution in [-0.4, -0.2) is 62.4 Å². The van der Waals surface area contributed by atoms with Crippen LogP contribution in [0.1, 0.15) is 11.7 Å². The van der Waals surface area contributed by atoms with Gasteiger partial charge in [0.25, 0.3) is 0 Å². The molecule has 1 aliphatic heterocycles. The van der Waals surface area contributed by atoms with E-state index in [-0.39, 0.29) is 28.0 Å². The number of ether oxygens (including phenoxy) is 2. The van der Waals surface area contributed by atoms with E-state index in [0.29, 0.717) is 5.56 Å². The van der Waals surface area contributed by atoms with Gasteiger partial charge in [0.1, 0.15) is 58.4 Å². The monoisotopic (exact) mass is 432 g/mol. The van der Waals surface area contributed by atoms with E-state index < -0.39 is 47.6 Å². The summed E-state index contributed by atoms with van der Waals surface area (Å²) >= 11 is 0. The maximum Gasteiger partial charge on any atom is 0.197 e. The second-order valence-corrected chi connectivity index (χ2v) is 7.19. The fourth-order valence-corrected chi connectivity index (χ4v) is 3.63. The minimum Gasteiger partial charge on any atom is -0.508 e. The van der Waals surface area contributed by atoms with Gasteiger partial charge in [-0.1, -0.05) is 0 Å². The van der Waals surface area contributed by atoms with Crippen molar-refractivity contribution < 1.29 is 44.5 Å². The smallest absolute Gasteiger partial charge is 0.197 e. The molecule has 2 aromatic carbocycles. The Labute approximate surface area is 174 Å². The molecule has 5 atom stereocenters. The zero-order chi connectivity index (χ0) is 22.4. The number of methoxy groups -OCH3 is 1. The molecule has 3 aromatic rings. The van der Waals surface area contributed by atoms with Crippen molar-refractivity contribution in [3.63, 3.8) is 0 Å². The molecule has 0 aliphatic carbocycles. The summed E-state index contributed by atoms with van der Waals surface area (Å²) in [5.41, 5.74) is -0.663. The molecule has 6 N–H and O–H groups in total. The molecule has 4 rings (SSSR count). The number of rotatable bonds is 3. The molecule has 0 spiro atoms. The molecule has 0 saturated carbocycles. The quantitative estimate of drug-likeness (QED) is 0.346. The lowest BCUT2D eigenvalue weighted by atomic mass is 9.91. The van der Waals surface area contributed by atoms with Gasteiger partial charge in [-0.2, -0.15) is 0 Å². The van der Waals surface area contributed by atoms with Gasteiger partial charge in [-0.3, -0.25) is 4.79 Å². The highest BCUT2D eigenvalue weighted by Gasteiger charge is 2.46. The first-order valence-corrected chi connectivity index (χ1v) is 9.27. The van der Waals surface area contributed by atoms with Crippen molar-refractivity contribution in [2.24, 2.45) is 0 Å². The summed E-state index contributed by atoms with van der Waals surface area (Å²) < 4.78 is 16.0. The van der Waals surface area contributed by atoms with Crippen molar-refractivity contribution in [1.29, 1.82) is 0 Å². The number of fused-ring (bicyclic) bond motifs is 1. The predicted octanol–water partition coefficient (Wildman–Crippen LogP) is 0.703. The van der Waals surface area contributed by atoms with E-state index in [1.807, 2.05) is 0 Å². The van der Waals surface area contributed by atoms with Crippen LogP contribution >= 0.6 is 0 Å². The Morgan fingerprint density at radius 3 is 2.26 bits per heavy atom. The average molecular weight is 432 g/mol. The highest BCUT2D eigenvalue weighted by Crippen LogP contribution is 2.44. The summed E-state index contributed by atoms with van der Waals surface area (Å²) in [6.07, 6.45) is -7.88. The maximum absolute atomic E-state index is 12.8. The topological polar surface area (TPSA) is 170 Å². The van der Waals surface area contributed by atoms with Gasteiger partial charge in [-0.25, -0.2) is 0 Å². The molecule has 1 saturated heterocycles. The summed E-state index contributed by atoms with van der Waals surface area (Å²) in [4.78, 5) is 12.8. The van der Waals surface area contributed by atoms with Gasteiger partial charge in [-0.05, 0) is 24.3 Å². The third-order valence-corrected chi connectivity index (χ3v) is 5.25. The van der Waals surface area contributed by atoms with E-state index in [0.717, 1.165) is 12.1 Å². The van der Waals surface area contributed by atoms with Gasteiger partial charge in [0.15, 0.2) is 11.7 Å². The second-order valence-electron chi connectivity index (χ2n) is 7.19. The van der Waals surface area contributed by atoms with Crippen LogP contribution in [0.5, 0.6) is 17.2 Å². The number of aliphatic hydroxyl groups is 3. The van der Waals surface area contributed by atoms with Crippen molar-refractivity contribution in [1.82, 2.24) is 0 Å². The van der Waals surface area contributed by atoms with Crippen LogP contribution in [0, 0.1) is 0 Å². The van der Waals surface area contributed by atoms with Gasteiger partial charge >= 0.3 is 0 Å². The Morgan fingerprint density at radius 2 is 1.61 bits per heavy atom. The molecular formula is C21H20O10. The van der Waals surface area contributed by atoms with Crippen molar-refractivity contribution in [2.45, 2.75) is 30.7 Å². The third-order valence-electron chi connectivity index (χ3n) is 5.25. The molecule has 10 nitrogen and oxygen atoms in total. The maximum atomic E-state index is 12.8. The van der Waals surface area contributed by atoms with Gasteiger partial charge in [0, 0.05) is 24.8 Å². The van der Waals surface area contributed by atoms with Gasteiger partial charge in [0.2, 0.25) is 0 Å². The molecule has 2 heterocycles. The molecule has 31 heavy (non-hydrogen) atoms. The van der Waals surface area contributed by atoms with Gasteiger partial charge in [0.05, 0.1) is 5.56 Å². The standard InChI is InChI=1S/C21H20O10/c1-29-21-19(28)17(26)18(27)20(31-21)15-11(24)7-13-14(16(15)25)10(23)6-12(30-13)8-2-4-9(22)5-3-8/h2-7,17-22,24-28H,1H3/t17?,18?,19-,20?,21?/m0/s1. The Balaban J connectivity index is 1.85. The van der Waals surface area contributed by atoms with E-state index in [1.165, 1.54) is 31.4 Å². The molecule has 4 unspecified atom stereocenters. The van der Waals surface area contributed by atoms with Crippen LogP contribution in [-0.2, 0) is 9.47 Å². The van der Waals surface area contributed by atoms with E-state index >= 15 is 0 Å². The predicted molar refractivity (Wildman–Crippen MR) is 106 cm³/mol. The number of aromatic hydroxyl groups is 3. The zero-order valence-corrected chi connectivity index (χ0v) is 16.2. The Morgan fingerprint density at radius 1 is 0.935 bits per heavy atom. The molecule has 1 fully saturated rings. The van der Waals surface area contributed by atoms with E-state index in [4.69, 9.17) is 13.9 Å². The first kappa shape index (κ1) is 21.1. The molecule has 0 amide bonds. The summed E-state index contributed by atoms with van der Waals surface area (Å²) in [6, 6.07) is 8.07. The van der Waals surface area contributed by atoms with Crippen molar-refractivity contribution >= 4 is 11.0 Å². The molecular weight excluding hydrogens is 412 g/mol. The van der Waals surface area contributed by atoms with Crippen LogP contribution in [0.3, 0.4) is 0 Å². The molecule has 164 valence electrons. The van der Waals surface area contributed by atoms with Crippen LogP contribution in [0.4, 0.5) is 0 Å². The minimum absolute atomic E-state index is 0.0273. The van der Waals surface area contributed by atoms with Crippen LogP contribution in [0.25, 0.3) is 22.3 Å². The number of hydrogen-bond acceptors (Lipinski definition) is 10. The molecule has 0 radical (unpaired) electrons. The highest BCUT2D eigenvalue weighted by molar-refractivity contribution is 5.88. The van der Waals surface area contributed by atoms with Crippen LogP contribution in [0.15, 0.2) is 45.6 Å². The number of aliphatic hydroxyl groups excluding tert-OH is 3. The number of benzene rings is 2. The van der Waals surface area contributed by atoms with E-state index in [9.17, 15) is 35.4 Å². The molecule has 1 aromatic heterocycles. The third kappa shape index (κ3) is 3.50. The SMILES string of the molecule is COC1OC(c2c(O)cc3oc(-c4ccc(O)cc4)cc(=O)c3c2O)C(O)C(O)[C@@H]1O. The molecule has 10 heteroatoms. The van der Waals surface area contributed by atoms with Gasteiger partial charge < -0.3 is 44.5 Å². The number of hydrogen-bond donors (Lipinski definition) is 6. The van der Waals surface area contributed by atoms with Crippen LogP contribution in [0.2, 0.25) is 0 Å². The summed E-state index contributed by atoms with van der Waals surface area (Å²) in [7, 11) is 1.20. The second kappa shape index (κ2) is 7.84. The summed E-state index contributed by atoms with van der Waals surface area (Å²) in [5, 5.41) is 60.8. The first-order chi connectivity index (χ1) is 14.7. The number of phenolic OH excluding ortho intramolecular Hbond substituents is 3. The fraction of sp³-hybridized carbons (Fsp3) is 0.286. The summed E-state index contributed by atoms with van der Waals surface area (Å²) in [6.45, 7) is 0. The summed E-state index contributed by atoms with van der Waals surface area (Å²) in [5.74, 6) is -1.11. The largest absolute Gasteiger partial charge is 0.508 e. The fourth-order valence-electron chi connectivity index (χ4n) is 3.63. The Kier molecular flexibility index (Phi) is 5.33. The van der Waals surface area contributed by atoms with Crippen LogP contribution < -0.4 is 5.43 Å². The molecule has 1 aliphatic rings. The van der Waals surface area contributed by atoms with E-state index in [2.05, 4.69) is 0 Å². The first-order valence-electron chi connectivity index (χ1n) is 9.27. The lowest BCUT2D eigenvalue weighted by molar-refractivity contribution is -0.292. The lowest BCUT2D eigenvalue weighted by Crippen LogP contribution is -2.54. The molecule has 0 bridgehead atoms. The lowest BCUT2D eigenvalue weighted by Gasteiger charge is -2.40. The van der Waals surface area contributed by atoms with Crippen molar-refractivity contribution in [3.8, 4) is 28.6 Å². The normalized spacial score (nSPS) is 26.3. The minimum atomic E-state index is -1.74. The Bertz CT molecular complexity index is 1170. The van der Waals surface area contributed by atoms with E-state index in [1.54, 1.807) is 0 Å². The number of phenols is 3. The zero-order valence-electron chi connectivity index (χ0n) is 16.2. The average Bonchev–Trinajstić information content (AvgIpc) is 2.73. The van der Waals surface area contributed by atoms with Gasteiger partial charge in [-0.15, -0.1) is 0 Å². The van der Waals surface area contributed by atoms with Crippen molar-refractivity contribution in [2.75, 3.05) is 7.11 Å². The highest BCUT2D eigenvalue weighted by atomic mass is 16.7. The Hall–Kier alpha value is -3.15. The van der Waals surface area contributed by atoms with Crippen molar-refractivity contribution in [3.05, 3.63) is 52.2 Å².